The molecule has 2 rings (SSSR count). The van der Waals surface area contributed by atoms with Gasteiger partial charge in [-0.25, -0.2) is 4.79 Å². The number of aromatic hydroxyl groups is 2. The number of phenols is 2. The molecule has 0 saturated carbocycles. The number of ether oxygens (including phenoxy) is 1. The van der Waals surface area contributed by atoms with Gasteiger partial charge in [0.2, 0.25) is 0 Å². The first-order valence-electron chi connectivity index (χ1n) is 7.57. The Morgan fingerprint density at radius 1 is 1.04 bits per heavy atom. The minimum Gasteiger partial charge on any atom is -0.504 e. The molecule has 1 atom stereocenters. The van der Waals surface area contributed by atoms with Crippen LogP contribution in [0.1, 0.15) is 22.3 Å². The van der Waals surface area contributed by atoms with Crippen molar-refractivity contribution >= 4 is 24.3 Å². The second-order valence-electron chi connectivity index (χ2n) is 5.71. The van der Waals surface area contributed by atoms with Crippen LogP contribution in [-0.4, -0.2) is 39.4 Å². The van der Waals surface area contributed by atoms with Gasteiger partial charge in [-0.2, -0.15) is 0 Å². The minimum atomic E-state index is -1.68. The summed E-state index contributed by atoms with van der Waals surface area (Å²) in [4.78, 5) is 23.4. The highest BCUT2D eigenvalue weighted by atomic mass is 35.5. The first kappa shape index (κ1) is 21.3. The van der Waals surface area contributed by atoms with Crippen LogP contribution in [0.5, 0.6) is 11.5 Å². The summed E-state index contributed by atoms with van der Waals surface area (Å²) in [5.74, 6) is -2.48. The zero-order valence-electron chi connectivity index (χ0n) is 13.8. The summed E-state index contributed by atoms with van der Waals surface area (Å²) in [6.45, 7) is -0.166. The standard InChI is InChI=1S/C18H19NO6.ClH/c19-18(17(23)24,11-12-6-7-14(20)15(21)10-12)8-9-25-16(22)13-4-2-1-3-5-13;/h1-7,10,20-21H,8-9,11,19H2,(H,23,24);1H/t18-;/m1./s1. The molecule has 140 valence electrons. The molecule has 7 nitrogen and oxygen atoms in total. The Balaban J connectivity index is 0.00000338. The normalized spacial score (nSPS) is 12.5. The summed E-state index contributed by atoms with van der Waals surface area (Å²) in [5.41, 5.74) is 5.07. The number of carbonyl (C=O) groups excluding carboxylic acids is 1. The monoisotopic (exact) mass is 381 g/mol. The van der Waals surface area contributed by atoms with Crippen LogP contribution >= 0.6 is 12.4 Å². The van der Waals surface area contributed by atoms with Gasteiger partial charge in [-0.15, -0.1) is 12.4 Å². The maximum atomic E-state index is 11.9. The van der Waals surface area contributed by atoms with Crippen molar-refractivity contribution in [3.05, 3.63) is 59.7 Å². The third-order valence-electron chi connectivity index (χ3n) is 3.78. The van der Waals surface area contributed by atoms with Gasteiger partial charge >= 0.3 is 11.9 Å². The summed E-state index contributed by atoms with van der Waals surface area (Å²) >= 11 is 0. The van der Waals surface area contributed by atoms with E-state index >= 15 is 0 Å². The number of hydrogen-bond donors (Lipinski definition) is 4. The predicted molar refractivity (Wildman–Crippen MR) is 96.6 cm³/mol. The topological polar surface area (TPSA) is 130 Å². The number of carboxylic acids is 1. The van der Waals surface area contributed by atoms with Crippen molar-refractivity contribution in [2.75, 3.05) is 6.61 Å². The molecular weight excluding hydrogens is 362 g/mol. The number of halogens is 1. The quantitative estimate of drug-likeness (QED) is 0.426. The van der Waals surface area contributed by atoms with Crippen molar-refractivity contribution < 1.29 is 29.6 Å². The fourth-order valence-electron chi connectivity index (χ4n) is 2.30. The Kier molecular flexibility index (Phi) is 7.42. The van der Waals surface area contributed by atoms with E-state index in [1.165, 1.54) is 18.2 Å². The summed E-state index contributed by atoms with van der Waals surface area (Å²) in [7, 11) is 0. The number of hydrogen-bond acceptors (Lipinski definition) is 6. The minimum absolute atomic E-state index is 0. The molecule has 0 aromatic heterocycles. The van der Waals surface area contributed by atoms with Gasteiger partial charge in [0.05, 0.1) is 12.2 Å². The molecule has 5 N–H and O–H groups in total. The lowest BCUT2D eigenvalue weighted by molar-refractivity contribution is -0.144. The van der Waals surface area contributed by atoms with Crippen LogP contribution in [0.25, 0.3) is 0 Å². The molecule has 0 bridgehead atoms. The van der Waals surface area contributed by atoms with Crippen LogP contribution in [0.2, 0.25) is 0 Å². The van der Waals surface area contributed by atoms with Crippen LogP contribution in [0.3, 0.4) is 0 Å². The molecule has 0 aliphatic heterocycles. The SMILES string of the molecule is Cl.N[C@](CCOC(=O)c1ccccc1)(Cc1ccc(O)c(O)c1)C(=O)O. The van der Waals surface area contributed by atoms with Gasteiger partial charge < -0.3 is 25.8 Å². The van der Waals surface area contributed by atoms with Crippen LogP contribution in [0.4, 0.5) is 0 Å². The second-order valence-corrected chi connectivity index (χ2v) is 5.71. The van der Waals surface area contributed by atoms with Crippen molar-refractivity contribution in [3.8, 4) is 11.5 Å². The summed E-state index contributed by atoms with van der Waals surface area (Å²) < 4.78 is 5.08. The number of rotatable bonds is 7. The molecule has 8 heteroatoms. The lowest BCUT2D eigenvalue weighted by Crippen LogP contribution is -2.50. The van der Waals surface area contributed by atoms with E-state index < -0.39 is 17.5 Å². The molecule has 0 aliphatic rings. The van der Waals surface area contributed by atoms with Gasteiger partial charge in [0.1, 0.15) is 5.54 Å². The van der Waals surface area contributed by atoms with Crippen molar-refractivity contribution in [2.24, 2.45) is 5.73 Å². The molecule has 2 aromatic rings. The number of nitrogens with two attached hydrogens (primary N) is 1. The Morgan fingerprint density at radius 3 is 2.27 bits per heavy atom. The third-order valence-corrected chi connectivity index (χ3v) is 3.78. The smallest absolute Gasteiger partial charge is 0.338 e. The molecule has 26 heavy (non-hydrogen) atoms. The highest BCUT2D eigenvalue weighted by molar-refractivity contribution is 5.89. The average molecular weight is 382 g/mol. The molecule has 0 fully saturated rings. The molecule has 0 radical (unpaired) electrons. The Labute approximate surface area is 156 Å². The lowest BCUT2D eigenvalue weighted by atomic mass is 9.89. The van der Waals surface area contributed by atoms with Crippen LogP contribution in [0, 0.1) is 0 Å². The number of aliphatic carboxylic acids is 1. The van der Waals surface area contributed by atoms with E-state index in [0.717, 1.165) is 0 Å². The highest BCUT2D eigenvalue weighted by Gasteiger charge is 2.34. The Hall–Kier alpha value is -2.77. The van der Waals surface area contributed by atoms with Crippen molar-refractivity contribution in [2.45, 2.75) is 18.4 Å². The zero-order chi connectivity index (χ0) is 18.4. The first-order chi connectivity index (χ1) is 11.8. The van der Waals surface area contributed by atoms with E-state index in [4.69, 9.17) is 10.5 Å². The molecule has 0 unspecified atom stereocenters. The van der Waals surface area contributed by atoms with Gasteiger partial charge in [-0.1, -0.05) is 24.3 Å². The molecule has 0 amide bonds. The van der Waals surface area contributed by atoms with Gasteiger partial charge in [-0.05, 0) is 29.8 Å². The maximum Gasteiger partial charge on any atom is 0.338 e. The van der Waals surface area contributed by atoms with Crippen LogP contribution in [-0.2, 0) is 16.0 Å². The molecule has 0 heterocycles. The largest absolute Gasteiger partial charge is 0.504 e. The van der Waals surface area contributed by atoms with Crippen molar-refractivity contribution in [3.63, 3.8) is 0 Å². The third kappa shape index (κ3) is 5.37. The van der Waals surface area contributed by atoms with Gasteiger partial charge in [0.25, 0.3) is 0 Å². The first-order valence-corrected chi connectivity index (χ1v) is 7.57. The Bertz CT molecular complexity index is 768. The van der Waals surface area contributed by atoms with Gasteiger partial charge in [0, 0.05) is 12.8 Å². The highest BCUT2D eigenvalue weighted by Crippen LogP contribution is 2.27. The molecule has 0 saturated heterocycles. The number of phenolic OH excluding ortho intramolecular Hbond substituents is 2. The number of esters is 1. The van der Waals surface area contributed by atoms with Crippen LogP contribution in [0.15, 0.2) is 48.5 Å². The molecular formula is C18H20ClNO6. The molecule has 0 aliphatic carbocycles. The van der Waals surface area contributed by atoms with E-state index in [-0.39, 0.29) is 43.4 Å². The number of carbonyl (C=O) groups is 2. The van der Waals surface area contributed by atoms with Crippen molar-refractivity contribution in [1.29, 1.82) is 0 Å². The van der Waals surface area contributed by atoms with E-state index in [0.29, 0.717) is 11.1 Å². The van der Waals surface area contributed by atoms with Gasteiger partial charge in [0.15, 0.2) is 11.5 Å². The zero-order valence-corrected chi connectivity index (χ0v) is 14.6. The summed E-state index contributed by atoms with van der Waals surface area (Å²) in [6.07, 6.45) is -0.207. The summed E-state index contributed by atoms with van der Waals surface area (Å²) in [5, 5.41) is 28.2. The lowest BCUT2D eigenvalue weighted by Gasteiger charge is -2.24. The molecule has 0 spiro atoms. The van der Waals surface area contributed by atoms with Gasteiger partial charge in [-0.3, -0.25) is 4.79 Å². The fraction of sp³-hybridized carbons (Fsp3) is 0.222. The number of carboxylic acid groups (broad SMARTS) is 1. The van der Waals surface area contributed by atoms with E-state index in [1.807, 2.05) is 0 Å². The predicted octanol–water partition coefficient (Wildman–Crippen LogP) is 2.09. The van der Waals surface area contributed by atoms with E-state index in [2.05, 4.69) is 0 Å². The summed E-state index contributed by atoms with van der Waals surface area (Å²) in [6, 6.07) is 12.3. The molecule has 2 aromatic carbocycles. The Morgan fingerprint density at radius 2 is 1.69 bits per heavy atom. The van der Waals surface area contributed by atoms with E-state index in [9.17, 15) is 24.9 Å². The second kappa shape index (κ2) is 9.07. The van der Waals surface area contributed by atoms with E-state index in [1.54, 1.807) is 30.3 Å². The average Bonchev–Trinajstić information content (AvgIpc) is 2.58. The fourth-order valence-corrected chi connectivity index (χ4v) is 2.30. The maximum absolute atomic E-state index is 11.9. The van der Waals surface area contributed by atoms with Crippen LogP contribution < -0.4 is 5.73 Å². The van der Waals surface area contributed by atoms with Crippen molar-refractivity contribution in [1.82, 2.24) is 0 Å². The number of benzene rings is 2.